The van der Waals surface area contributed by atoms with E-state index in [0.717, 1.165) is 56.8 Å². The number of amides is 2. The highest BCUT2D eigenvalue weighted by atomic mass is 16.6. The van der Waals surface area contributed by atoms with Crippen molar-refractivity contribution >= 4 is 12.0 Å². The van der Waals surface area contributed by atoms with Gasteiger partial charge in [0, 0.05) is 38.6 Å². The van der Waals surface area contributed by atoms with Crippen LogP contribution in [0.25, 0.3) is 0 Å². The first-order chi connectivity index (χ1) is 18.4. The molecule has 0 unspecified atom stereocenters. The molecule has 1 spiro atoms. The minimum atomic E-state index is -0.218. The van der Waals surface area contributed by atoms with Gasteiger partial charge in [-0.2, -0.15) is 0 Å². The van der Waals surface area contributed by atoms with Gasteiger partial charge in [0.15, 0.2) is 0 Å². The van der Waals surface area contributed by atoms with Crippen molar-refractivity contribution in [1.82, 2.24) is 14.7 Å². The molecule has 0 aromatic heterocycles. The number of likely N-dealkylation sites (tertiary alicyclic amines) is 3. The molecule has 3 heterocycles. The molecule has 2 aromatic carbocycles. The standard InChI is InChI=1S/C31H41N3O4/c1-23(2)38-30(36)34-21-26(28(22-34)25-7-5-4-6-8-25)20-32-16-13-31(14-17-32)15-18-33(29(31)35)19-24-9-11-27(37-3)12-10-24/h4-12,23,26,28H,13-22H2,1-3H3/t26-,28+/m0/s1. The summed E-state index contributed by atoms with van der Waals surface area (Å²) in [4.78, 5) is 32.7. The third-order valence-corrected chi connectivity index (χ3v) is 8.70. The Morgan fingerprint density at radius 2 is 1.66 bits per heavy atom. The molecule has 0 N–H and O–H groups in total. The smallest absolute Gasteiger partial charge is 0.410 e. The van der Waals surface area contributed by atoms with Crippen molar-refractivity contribution in [3.05, 3.63) is 65.7 Å². The molecule has 204 valence electrons. The number of nitrogens with zero attached hydrogens (tertiary/aromatic N) is 3. The molecular weight excluding hydrogens is 478 g/mol. The quantitative estimate of drug-likeness (QED) is 0.527. The molecule has 2 aromatic rings. The minimum Gasteiger partial charge on any atom is -0.497 e. The summed E-state index contributed by atoms with van der Waals surface area (Å²) in [6.45, 7) is 9.47. The van der Waals surface area contributed by atoms with Crippen molar-refractivity contribution in [2.24, 2.45) is 11.3 Å². The Morgan fingerprint density at radius 1 is 0.974 bits per heavy atom. The molecule has 38 heavy (non-hydrogen) atoms. The van der Waals surface area contributed by atoms with Crippen molar-refractivity contribution in [3.63, 3.8) is 0 Å². The number of benzene rings is 2. The zero-order chi connectivity index (χ0) is 26.7. The second-order valence-electron chi connectivity index (χ2n) is 11.5. The zero-order valence-corrected chi connectivity index (χ0v) is 23.0. The lowest BCUT2D eigenvalue weighted by Crippen LogP contribution is -2.46. The third kappa shape index (κ3) is 5.68. The van der Waals surface area contributed by atoms with Crippen molar-refractivity contribution in [2.45, 2.75) is 51.7 Å². The zero-order valence-electron chi connectivity index (χ0n) is 23.0. The van der Waals surface area contributed by atoms with Crippen molar-refractivity contribution < 1.29 is 19.1 Å². The van der Waals surface area contributed by atoms with Crippen LogP contribution in [0.3, 0.4) is 0 Å². The van der Waals surface area contributed by atoms with Crippen molar-refractivity contribution in [2.75, 3.05) is 46.4 Å². The number of carbonyl (C=O) groups excluding carboxylic acids is 2. The number of carbonyl (C=O) groups is 2. The van der Waals surface area contributed by atoms with Crippen LogP contribution in [0, 0.1) is 11.3 Å². The summed E-state index contributed by atoms with van der Waals surface area (Å²) in [5, 5.41) is 0. The molecule has 0 saturated carbocycles. The first-order valence-electron chi connectivity index (χ1n) is 14.0. The van der Waals surface area contributed by atoms with Crippen LogP contribution >= 0.6 is 0 Å². The molecule has 2 atom stereocenters. The van der Waals surface area contributed by atoms with Gasteiger partial charge in [-0.3, -0.25) is 4.79 Å². The van der Waals surface area contributed by atoms with E-state index in [1.54, 1.807) is 7.11 Å². The monoisotopic (exact) mass is 519 g/mol. The van der Waals surface area contributed by atoms with Gasteiger partial charge in [-0.25, -0.2) is 4.79 Å². The van der Waals surface area contributed by atoms with Gasteiger partial charge in [-0.15, -0.1) is 0 Å². The van der Waals surface area contributed by atoms with Crippen LogP contribution in [0.4, 0.5) is 4.79 Å². The summed E-state index contributed by atoms with van der Waals surface area (Å²) in [6.07, 6.45) is 2.43. The van der Waals surface area contributed by atoms with E-state index in [4.69, 9.17) is 9.47 Å². The normalized spacial score (nSPS) is 23.4. The lowest BCUT2D eigenvalue weighted by atomic mass is 9.76. The van der Waals surface area contributed by atoms with E-state index in [2.05, 4.69) is 29.2 Å². The third-order valence-electron chi connectivity index (χ3n) is 8.70. The summed E-state index contributed by atoms with van der Waals surface area (Å²) < 4.78 is 10.8. The average Bonchev–Trinajstić information content (AvgIpc) is 3.48. The summed E-state index contributed by atoms with van der Waals surface area (Å²) in [5.41, 5.74) is 2.21. The fraction of sp³-hybridized carbons (Fsp3) is 0.548. The van der Waals surface area contributed by atoms with Crippen LogP contribution in [0.15, 0.2) is 54.6 Å². The van der Waals surface area contributed by atoms with E-state index in [0.29, 0.717) is 37.4 Å². The van der Waals surface area contributed by atoms with Gasteiger partial charge in [0.25, 0.3) is 0 Å². The molecule has 3 fully saturated rings. The molecule has 3 aliphatic heterocycles. The second kappa shape index (κ2) is 11.4. The van der Waals surface area contributed by atoms with Gasteiger partial charge in [0.2, 0.25) is 5.91 Å². The highest BCUT2D eigenvalue weighted by molar-refractivity contribution is 5.85. The molecular formula is C31H41N3O4. The highest BCUT2D eigenvalue weighted by Crippen LogP contribution is 2.43. The maximum Gasteiger partial charge on any atom is 0.410 e. The molecule has 0 bridgehead atoms. The Bertz CT molecular complexity index is 1100. The SMILES string of the molecule is COc1ccc(CN2CCC3(CCN(C[C@H]4CN(C(=O)OC(C)C)C[C@@H]4c4ccccc4)CC3)C2=O)cc1. The topological polar surface area (TPSA) is 62.3 Å². The van der Waals surface area contributed by atoms with Gasteiger partial charge in [-0.1, -0.05) is 42.5 Å². The Hall–Kier alpha value is -3.06. The van der Waals surface area contributed by atoms with Gasteiger partial charge in [0.1, 0.15) is 5.75 Å². The van der Waals surface area contributed by atoms with Crippen LogP contribution in [0.1, 0.15) is 50.2 Å². The Kier molecular flexibility index (Phi) is 7.93. The summed E-state index contributed by atoms with van der Waals surface area (Å²) in [5.74, 6) is 1.79. The van der Waals surface area contributed by atoms with E-state index >= 15 is 0 Å². The number of piperidine rings is 1. The van der Waals surface area contributed by atoms with Crippen molar-refractivity contribution in [1.29, 1.82) is 0 Å². The van der Waals surface area contributed by atoms with E-state index < -0.39 is 0 Å². The Balaban J connectivity index is 1.19. The predicted octanol–water partition coefficient (Wildman–Crippen LogP) is 4.77. The van der Waals surface area contributed by atoms with Gasteiger partial charge < -0.3 is 24.2 Å². The first kappa shape index (κ1) is 26.5. The van der Waals surface area contributed by atoms with E-state index in [-0.39, 0.29) is 17.6 Å². The molecule has 0 radical (unpaired) electrons. The number of methoxy groups -OCH3 is 1. The van der Waals surface area contributed by atoms with Gasteiger partial charge in [-0.05, 0) is 75.4 Å². The van der Waals surface area contributed by atoms with Crippen LogP contribution < -0.4 is 4.74 Å². The number of rotatable bonds is 7. The van der Waals surface area contributed by atoms with Crippen LogP contribution in [0.5, 0.6) is 5.75 Å². The van der Waals surface area contributed by atoms with E-state index in [1.807, 2.05) is 54.0 Å². The summed E-state index contributed by atoms with van der Waals surface area (Å²) >= 11 is 0. The molecule has 7 nitrogen and oxygen atoms in total. The van der Waals surface area contributed by atoms with Crippen LogP contribution in [-0.4, -0.2) is 79.2 Å². The van der Waals surface area contributed by atoms with E-state index in [1.165, 1.54) is 5.56 Å². The molecule has 3 aliphatic rings. The molecule has 7 heteroatoms. The summed E-state index contributed by atoms with van der Waals surface area (Å²) in [7, 11) is 1.67. The fourth-order valence-electron chi connectivity index (χ4n) is 6.51. The van der Waals surface area contributed by atoms with Crippen LogP contribution in [-0.2, 0) is 16.1 Å². The number of ether oxygens (including phenoxy) is 2. The average molecular weight is 520 g/mol. The van der Waals surface area contributed by atoms with E-state index in [9.17, 15) is 9.59 Å². The summed E-state index contributed by atoms with van der Waals surface area (Å²) in [6, 6.07) is 18.6. The second-order valence-corrected chi connectivity index (χ2v) is 11.5. The lowest BCUT2D eigenvalue weighted by Gasteiger charge is -2.39. The molecule has 3 saturated heterocycles. The van der Waals surface area contributed by atoms with Crippen molar-refractivity contribution in [3.8, 4) is 5.75 Å². The van der Waals surface area contributed by atoms with Gasteiger partial charge in [0.05, 0.1) is 18.6 Å². The Labute approximate surface area is 226 Å². The highest BCUT2D eigenvalue weighted by Gasteiger charge is 2.48. The largest absolute Gasteiger partial charge is 0.497 e. The number of hydrogen-bond donors (Lipinski definition) is 0. The molecule has 5 rings (SSSR count). The van der Waals surface area contributed by atoms with Crippen LogP contribution in [0.2, 0.25) is 0 Å². The first-order valence-corrected chi connectivity index (χ1v) is 14.0. The maximum absolute atomic E-state index is 13.5. The molecule has 0 aliphatic carbocycles. The Morgan fingerprint density at radius 3 is 2.32 bits per heavy atom. The minimum absolute atomic E-state index is 0.122. The number of hydrogen-bond acceptors (Lipinski definition) is 5. The lowest BCUT2D eigenvalue weighted by molar-refractivity contribution is -0.139. The van der Waals surface area contributed by atoms with Gasteiger partial charge >= 0.3 is 6.09 Å². The predicted molar refractivity (Wildman–Crippen MR) is 147 cm³/mol. The fourth-order valence-corrected chi connectivity index (χ4v) is 6.51. The maximum atomic E-state index is 13.5. The molecule has 2 amide bonds.